The number of nitrogen functional groups attached to an aromatic ring is 1. The average Bonchev–Trinajstić information content (AvgIpc) is 2.29. The highest BCUT2D eigenvalue weighted by Crippen LogP contribution is 2.16. The lowest BCUT2D eigenvalue weighted by atomic mass is 10.0. The van der Waals surface area contributed by atoms with E-state index in [0.29, 0.717) is 11.5 Å². The maximum Gasteiger partial charge on any atom is 0.253 e. The second kappa shape index (κ2) is 5.17. The van der Waals surface area contributed by atoms with Crippen molar-refractivity contribution in [3.63, 3.8) is 0 Å². The minimum absolute atomic E-state index is 0.00134. The number of anilines is 1. The molecule has 1 atom stereocenters. The van der Waals surface area contributed by atoms with Crippen LogP contribution in [0.3, 0.4) is 0 Å². The van der Waals surface area contributed by atoms with Crippen molar-refractivity contribution in [2.75, 3.05) is 12.8 Å². The summed E-state index contributed by atoms with van der Waals surface area (Å²) in [6.07, 6.45) is 0. The summed E-state index contributed by atoms with van der Waals surface area (Å²) in [6, 6.07) is 4.17. The van der Waals surface area contributed by atoms with Crippen LogP contribution in [0.4, 0.5) is 10.1 Å². The third kappa shape index (κ3) is 2.96. The highest BCUT2D eigenvalue weighted by atomic mass is 19.1. The Balaban J connectivity index is 2.92. The van der Waals surface area contributed by atoms with Crippen molar-refractivity contribution in [3.8, 4) is 0 Å². The van der Waals surface area contributed by atoms with Crippen LogP contribution in [0.15, 0.2) is 18.2 Å². The van der Waals surface area contributed by atoms with Crippen LogP contribution in [0.25, 0.3) is 0 Å². The molecule has 0 bridgehead atoms. The molecule has 0 saturated carbocycles. The summed E-state index contributed by atoms with van der Waals surface area (Å²) < 4.78 is 13.0. The van der Waals surface area contributed by atoms with Gasteiger partial charge < -0.3 is 10.6 Å². The van der Waals surface area contributed by atoms with Crippen molar-refractivity contribution in [3.05, 3.63) is 29.6 Å². The van der Waals surface area contributed by atoms with E-state index in [-0.39, 0.29) is 17.6 Å². The molecule has 0 radical (unpaired) electrons. The number of amides is 1. The lowest BCUT2D eigenvalue weighted by Gasteiger charge is -2.28. The van der Waals surface area contributed by atoms with Gasteiger partial charge in [0.25, 0.3) is 5.91 Å². The third-order valence-corrected chi connectivity index (χ3v) is 3.14. The van der Waals surface area contributed by atoms with Gasteiger partial charge in [0, 0.05) is 18.7 Å². The minimum Gasteiger partial charge on any atom is -0.396 e. The monoisotopic (exact) mass is 238 g/mol. The van der Waals surface area contributed by atoms with Gasteiger partial charge in [-0.05, 0) is 31.0 Å². The van der Waals surface area contributed by atoms with Gasteiger partial charge in [-0.1, -0.05) is 13.8 Å². The summed E-state index contributed by atoms with van der Waals surface area (Å²) in [7, 11) is 1.74. The second-order valence-corrected chi connectivity index (χ2v) is 4.64. The van der Waals surface area contributed by atoms with E-state index in [2.05, 4.69) is 0 Å². The average molecular weight is 238 g/mol. The maximum absolute atomic E-state index is 13.0. The fourth-order valence-electron chi connectivity index (χ4n) is 1.51. The lowest BCUT2D eigenvalue weighted by Crippen LogP contribution is -2.38. The molecule has 1 aromatic carbocycles. The zero-order valence-electron chi connectivity index (χ0n) is 10.7. The normalized spacial score (nSPS) is 12.6. The van der Waals surface area contributed by atoms with Gasteiger partial charge in [-0.15, -0.1) is 0 Å². The smallest absolute Gasteiger partial charge is 0.253 e. The van der Waals surface area contributed by atoms with Crippen molar-refractivity contribution < 1.29 is 9.18 Å². The molecule has 2 N–H and O–H groups in total. The molecule has 3 nitrogen and oxygen atoms in total. The number of halogens is 1. The molecule has 4 heteroatoms. The number of carbonyl (C=O) groups is 1. The summed E-state index contributed by atoms with van der Waals surface area (Å²) in [4.78, 5) is 13.8. The third-order valence-electron chi connectivity index (χ3n) is 3.14. The van der Waals surface area contributed by atoms with Gasteiger partial charge in [0.05, 0.1) is 5.69 Å². The van der Waals surface area contributed by atoms with E-state index in [1.54, 1.807) is 11.9 Å². The van der Waals surface area contributed by atoms with Crippen LogP contribution in [-0.4, -0.2) is 23.9 Å². The number of hydrogen-bond donors (Lipinski definition) is 1. The van der Waals surface area contributed by atoms with E-state index < -0.39 is 5.82 Å². The Morgan fingerprint density at radius 3 is 2.41 bits per heavy atom. The molecular formula is C13H19FN2O. The second-order valence-electron chi connectivity index (χ2n) is 4.64. The Kier molecular flexibility index (Phi) is 4.10. The predicted octanol–water partition coefficient (Wildman–Crippen LogP) is 2.52. The Labute approximate surface area is 101 Å². The quantitative estimate of drug-likeness (QED) is 0.822. The van der Waals surface area contributed by atoms with Crippen molar-refractivity contribution >= 4 is 11.6 Å². The number of carbonyl (C=O) groups excluding carboxylic acids is 1. The van der Waals surface area contributed by atoms with Gasteiger partial charge in [-0.3, -0.25) is 4.79 Å². The molecule has 1 aromatic rings. The fourth-order valence-corrected chi connectivity index (χ4v) is 1.51. The predicted molar refractivity (Wildman–Crippen MR) is 67.2 cm³/mol. The Morgan fingerprint density at radius 1 is 1.35 bits per heavy atom. The lowest BCUT2D eigenvalue weighted by molar-refractivity contribution is 0.0707. The van der Waals surface area contributed by atoms with E-state index in [1.807, 2.05) is 20.8 Å². The molecule has 0 aromatic heterocycles. The van der Waals surface area contributed by atoms with Crippen LogP contribution in [0.5, 0.6) is 0 Å². The highest BCUT2D eigenvalue weighted by molar-refractivity contribution is 5.95. The minimum atomic E-state index is -0.499. The van der Waals surface area contributed by atoms with Crippen LogP contribution in [0.2, 0.25) is 0 Å². The number of nitrogens with zero attached hydrogens (tertiary/aromatic N) is 1. The van der Waals surface area contributed by atoms with Crippen LogP contribution in [-0.2, 0) is 0 Å². The summed E-state index contributed by atoms with van der Waals surface area (Å²) >= 11 is 0. The molecule has 0 aliphatic heterocycles. The zero-order chi connectivity index (χ0) is 13.2. The molecule has 0 saturated heterocycles. The Hall–Kier alpha value is -1.58. The van der Waals surface area contributed by atoms with Crippen molar-refractivity contribution in [2.45, 2.75) is 26.8 Å². The maximum atomic E-state index is 13.0. The first kappa shape index (κ1) is 13.5. The zero-order valence-corrected chi connectivity index (χ0v) is 10.7. The van der Waals surface area contributed by atoms with Gasteiger partial charge in [0.2, 0.25) is 0 Å². The van der Waals surface area contributed by atoms with Gasteiger partial charge in [-0.2, -0.15) is 0 Å². The van der Waals surface area contributed by atoms with Gasteiger partial charge in [-0.25, -0.2) is 4.39 Å². The summed E-state index contributed by atoms with van der Waals surface area (Å²) in [5.74, 6) is -0.277. The fraction of sp³-hybridized carbons (Fsp3) is 0.462. The first-order valence-corrected chi connectivity index (χ1v) is 5.66. The van der Waals surface area contributed by atoms with Crippen LogP contribution >= 0.6 is 0 Å². The van der Waals surface area contributed by atoms with Crippen LogP contribution in [0.1, 0.15) is 31.1 Å². The van der Waals surface area contributed by atoms with Crippen molar-refractivity contribution in [2.24, 2.45) is 5.92 Å². The van der Waals surface area contributed by atoms with E-state index in [4.69, 9.17) is 5.73 Å². The first-order chi connectivity index (χ1) is 7.84. The standard InChI is InChI=1S/C13H19FN2O/c1-8(2)9(3)16(4)13(17)10-5-6-11(14)12(15)7-10/h5-9H,15H2,1-4H3. The van der Waals surface area contributed by atoms with Gasteiger partial charge >= 0.3 is 0 Å². The molecule has 1 rings (SSSR count). The summed E-state index contributed by atoms with van der Waals surface area (Å²) in [6.45, 7) is 6.08. The topological polar surface area (TPSA) is 46.3 Å². The number of benzene rings is 1. The Bertz CT molecular complexity index is 418. The van der Waals surface area contributed by atoms with E-state index in [9.17, 15) is 9.18 Å². The molecule has 0 heterocycles. The molecule has 0 aliphatic carbocycles. The van der Waals surface area contributed by atoms with Crippen LogP contribution in [0, 0.1) is 11.7 Å². The highest BCUT2D eigenvalue weighted by Gasteiger charge is 2.20. The molecule has 0 spiro atoms. The molecule has 0 aliphatic rings. The largest absolute Gasteiger partial charge is 0.396 e. The van der Waals surface area contributed by atoms with E-state index in [0.717, 1.165) is 0 Å². The number of rotatable bonds is 3. The first-order valence-electron chi connectivity index (χ1n) is 5.66. The van der Waals surface area contributed by atoms with Gasteiger partial charge in [0.1, 0.15) is 5.82 Å². The van der Waals surface area contributed by atoms with E-state index in [1.165, 1.54) is 18.2 Å². The van der Waals surface area contributed by atoms with E-state index >= 15 is 0 Å². The van der Waals surface area contributed by atoms with Crippen molar-refractivity contribution in [1.29, 1.82) is 0 Å². The number of hydrogen-bond acceptors (Lipinski definition) is 2. The number of nitrogens with two attached hydrogens (primary N) is 1. The van der Waals surface area contributed by atoms with Crippen molar-refractivity contribution in [1.82, 2.24) is 4.90 Å². The molecule has 17 heavy (non-hydrogen) atoms. The summed E-state index contributed by atoms with van der Waals surface area (Å²) in [5.41, 5.74) is 5.87. The molecular weight excluding hydrogens is 219 g/mol. The molecule has 94 valence electrons. The summed E-state index contributed by atoms with van der Waals surface area (Å²) in [5, 5.41) is 0. The SMILES string of the molecule is CC(C)C(C)N(C)C(=O)c1ccc(F)c(N)c1. The van der Waals surface area contributed by atoms with Gasteiger partial charge in [0.15, 0.2) is 0 Å². The molecule has 0 fully saturated rings. The molecule has 1 amide bonds. The molecule has 1 unspecified atom stereocenters. The van der Waals surface area contributed by atoms with Crippen LogP contribution < -0.4 is 5.73 Å². The Morgan fingerprint density at radius 2 is 1.94 bits per heavy atom.